The van der Waals surface area contributed by atoms with Crippen LogP contribution < -0.4 is 5.73 Å². The van der Waals surface area contributed by atoms with E-state index in [1.54, 1.807) is 11.9 Å². The van der Waals surface area contributed by atoms with Crippen LogP contribution in [0.15, 0.2) is 6.07 Å². The number of aryl methyl sites for hydroxylation is 1. The Morgan fingerprint density at radius 1 is 1.45 bits per heavy atom. The van der Waals surface area contributed by atoms with Crippen molar-refractivity contribution < 1.29 is 9.59 Å². The van der Waals surface area contributed by atoms with Crippen LogP contribution >= 0.6 is 0 Å². The second-order valence-electron chi connectivity index (χ2n) is 6.06. The minimum absolute atomic E-state index is 0.00229. The standard InChI is InChI=1S/C15H25N5O2/c1-11-9-13(18-17-11)10-19(2)14(21)5-8-20-6-3-12(4-7-20)15(16)22/h9,12H,3-8,10H2,1-2H3,(H2,16,22)(H,17,18). The molecule has 1 saturated heterocycles. The van der Waals surface area contributed by atoms with Crippen LogP contribution in [-0.4, -0.2) is 58.5 Å². The van der Waals surface area contributed by atoms with Crippen molar-refractivity contribution in [3.05, 3.63) is 17.5 Å². The van der Waals surface area contributed by atoms with Gasteiger partial charge in [0.15, 0.2) is 0 Å². The van der Waals surface area contributed by atoms with Crippen molar-refractivity contribution in [3.8, 4) is 0 Å². The van der Waals surface area contributed by atoms with Gasteiger partial charge in [0.25, 0.3) is 0 Å². The number of likely N-dealkylation sites (tertiary alicyclic amines) is 1. The van der Waals surface area contributed by atoms with E-state index in [1.807, 2.05) is 13.0 Å². The SMILES string of the molecule is Cc1cc(CN(C)C(=O)CCN2CCC(C(N)=O)CC2)n[nH]1. The minimum Gasteiger partial charge on any atom is -0.369 e. The Balaban J connectivity index is 1.70. The first-order chi connectivity index (χ1) is 10.5. The zero-order valence-corrected chi connectivity index (χ0v) is 13.3. The lowest BCUT2D eigenvalue weighted by Crippen LogP contribution is -2.40. The van der Waals surface area contributed by atoms with Crippen LogP contribution in [0.5, 0.6) is 0 Å². The van der Waals surface area contributed by atoms with Gasteiger partial charge < -0.3 is 15.5 Å². The van der Waals surface area contributed by atoms with E-state index in [2.05, 4.69) is 15.1 Å². The molecule has 0 saturated carbocycles. The Labute approximate surface area is 130 Å². The number of rotatable bonds is 6. The lowest BCUT2D eigenvalue weighted by atomic mass is 9.96. The number of aromatic nitrogens is 2. The Hall–Kier alpha value is -1.89. The summed E-state index contributed by atoms with van der Waals surface area (Å²) in [5, 5.41) is 7.02. The van der Waals surface area contributed by atoms with Crippen molar-refractivity contribution in [2.75, 3.05) is 26.7 Å². The number of amides is 2. The maximum Gasteiger partial charge on any atom is 0.223 e. The molecule has 0 bridgehead atoms. The predicted octanol–water partition coefficient (Wildman–Crippen LogP) is 0.264. The van der Waals surface area contributed by atoms with Crippen molar-refractivity contribution in [1.82, 2.24) is 20.0 Å². The lowest BCUT2D eigenvalue weighted by molar-refractivity contribution is -0.131. The Morgan fingerprint density at radius 3 is 2.68 bits per heavy atom. The number of hydrogen-bond donors (Lipinski definition) is 2. The second kappa shape index (κ2) is 7.40. The molecule has 22 heavy (non-hydrogen) atoms. The summed E-state index contributed by atoms with van der Waals surface area (Å²) < 4.78 is 0. The van der Waals surface area contributed by atoms with E-state index in [9.17, 15) is 9.59 Å². The third kappa shape index (κ3) is 4.56. The van der Waals surface area contributed by atoms with Crippen molar-refractivity contribution in [2.24, 2.45) is 11.7 Å². The van der Waals surface area contributed by atoms with E-state index < -0.39 is 0 Å². The number of aromatic amines is 1. The van der Waals surface area contributed by atoms with Crippen LogP contribution in [0.4, 0.5) is 0 Å². The average molecular weight is 307 g/mol. The zero-order valence-electron chi connectivity index (χ0n) is 13.3. The topological polar surface area (TPSA) is 95.3 Å². The predicted molar refractivity (Wildman–Crippen MR) is 82.8 cm³/mol. The van der Waals surface area contributed by atoms with E-state index in [1.165, 1.54) is 0 Å². The van der Waals surface area contributed by atoms with Gasteiger partial charge in [-0.3, -0.25) is 14.7 Å². The van der Waals surface area contributed by atoms with Crippen molar-refractivity contribution in [1.29, 1.82) is 0 Å². The number of primary amides is 1. The van der Waals surface area contributed by atoms with Crippen molar-refractivity contribution in [3.63, 3.8) is 0 Å². The molecule has 7 nitrogen and oxygen atoms in total. The average Bonchev–Trinajstić information content (AvgIpc) is 2.90. The number of piperidine rings is 1. The first-order valence-corrected chi connectivity index (χ1v) is 7.72. The Kier molecular flexibility index (Phi) is 5.54. The van der Waals surface area contributed by atoms with E-state index in [-0.39, 0.29) is 17.7 Å². The quantitative estimate of drug-likeness (QED) is 0.788. The highest BCUT2D eigenvalue weighted by Gasteiger charge is 2.23. The van der Waals surface area contributed by atoms with Crippen LogP contribution in [0.2, 0.25) is 0 Å². The summed E-state index contributed by atoms with van der Waals surface area (Å²) in [6.07, 6.45) is 2.08. The fourth-order valence-corrected chi connectivity index (χ4v) is 2.77. The largest absolute Gasteiger partial charge is 0.369 e. The first-order valence-electron chi connectivity index (χ1n) is 7.72. The molecule has 122 valence electrons. The van der Waals surface area contributed by atoms with Gasteiger partial charge in [-0.05, 0) is 38.9 Å². The molecule has 2 heterocycles. The van der Waals surface area contributed by atoms with Crippen LogP contribution in [0.25, 0.3) is 0 Å². The fraction of sp³-hybridized carbons (Fsp3) is 0.667. The number of carbonyl (C=O) groups excluding carboxylic acids is 2. The van der Waals surface area contributed by atoms with E-state index in [0.717, 1.165) is 43.9 Å². The molecule has 3 N–H and O–H groups in total. The molecular formula is C15H25N5O2. The van der Waals surface area contributed by atoms with Crippen LogP contribution in [0, 0.1) is 12.8 Å². The minimum atomic E-state index is -0.204. The molecule has 2 rings (SSSR count). The number of nitrogens with two attached hydrogens (primary N) is 1. The van der Waals surface area contributed by atoms with Gasteiger partial charge in [-0.25, -0.2) is 0 Å². The zero-order chi connectivity index (χ0) is 16.1. The summed E-state index contributed by atoms with van der Waals surface area (Å²) in [6.45, 7) is 4.86. The molecule has 0 aliphatic carbocycles. The molecule has 7 heteroatoms. The lowest BCUT2D eigenvalue weighted by Gasteiger charge is -2.30. The summed E-state index contributed by atoms with van der Waals surface area (Å²) in [5.41, 5.74) is 7.19. The third-order valence-corrected chi connectivity index (χ3v) is 4.22. The number of nitrogens with zero attached hydrogens (tertiary/aromatic N) is 3. The second-order valence-corrected chi connectivity index (χ2v) is 6.06. The molecule has 1 aromatic rings. The molecule has 0 atom stereocenters. The highest BCUT2D eigenvalue weighted by Crippen LogP contribution is 2.16. The fourth-order valence-electron chi connectivity index (χ4n) is 2.77. The highest BCUT2D eigenvalue weighted by molar-refractivity contribution is 5.77. The summed E-state index contributed by atoms with van der Waals surface area (Å²) in [5.74, 6) is -0.0973. The summed E-state index contributed by atoms with van der Waals surface area (Å²) in [4.78, 5) is 27.2. The molecule has 0 unspecified atom stereocenters. The summed E-state index contributed by atoms with van der Waals surface area (Å²) in [7, 11) is 1.80. The third-order valence-electron chi connectivity index (χ3n) is 4.22. The summed E-state index contributed by atoms with van der Waals surface area (Å²) >= 11 is 0. The van der Waals surface area contributed by atoms with E-state index in [4.69, 9.17) is 5.73 Å². The molecule has 0 aromatic carbocycles. The van der Waals surface area contributed by atoms with Gasteiger partial charge in [-0.2, -0.15) is 5.10 Å². The number of H-pyrrole nitrogens is 1. The van der Waals surface area contributed by atoms with Gasteiger partial charge >= 0.3 is 0 Å². The number of carbonyl (C=O) groups is 2. The Bertz CT molecular complexity index is 520. The van der Waals surface area contributed by atoms with Gasteiger partial charge in [0.1, 0.15) is 0 Å². The monoisotopic (exact) mass is 307 g/mol. The van der Waals surface area contributed by atoms with Crippen LogP contribution in [-0.2, 0) is 16.1 Å². The maximum absolute atomic E-state index is 12.2. The molecule has 1 aromatic heterocycles. The van der Waals surface area contributed by atoms with E-state index in [0.29, 0.717) is 13.0 Å². The molecule has 1 aliphatic rings. The van der Waals surface area contributed by atoms with Gasteiger partial charge in [0, 0.05) is 31.6 Å². The van der Waals surface area contributed by atoms with E-state index >= 15 is 0 Å². The molecule has 1 aliphatic heterocycles. The highest BCUT2D eigenvalue weighted by atomic mass is 16.2. The van der Waals surface area contributed by atoms with Gasteiger partial charge in [0.05, 0.1) is 12.2 Å². The van der Waals surface area contributed by atoms with Gasteiger partial charge in [-0.15, -0.1) is 0 Å². The van der Waals surface area contributed by atoms with Gasteiger partial charge in [-0.1, -0.05) is 0 Å². The van der Waals surface area contributed by atoms with Gasteiger partial charge in [0.2, 0.25) is 11.8 Å². The molecular weight excluding hydrogens is 282 g/mol. The number of nitrogens with one attached hydrogen (secondary N) is 1. The maximum atomic E-state index is 12.2. The molecule has 1 fully saturated rings. The van der Waals surface area contributed by atoms with Crippen molar-refractivity contribution >= 4 is 11.8 Å². The smallest absolute Gasteiger partial charge is 0.223 e. The molecule has 0 radical (unpaired) electrons. The number of hydrogen-bond acceptors (Lipinski definition) is 4. The molecule has 2 amide bonds. The summed E-state index contributed by atoms with van der Waals surface area (Å²) in [6, 6.07) is 1.94. The first kappa shape index (κ1) is 16.5. The van der Waals surface area contributed by atoms with Crippen LogP contribution in [0.3, 0.4) is 0 Å². The van der Waals surface area contributed by atoms with Crippen molar-refractivity contribution in [2.45, 2.75) is 32.7 Å². The molecule has 0 spiro atoms. The normalized spacial score (nSPS) is 16.6. The Morgan fingerprint density at radius 2 is 2.14 bits per heavy atom. The van der Waals surface area contributed by atoms with Crippen LogP contribution in [0.1, 0.15) is 30.7 Å².